The molecule has 0 unspecified atom stereocenters. The Labute approximate surface area is 127 Å². The van der Waals surface area contributed by atoms with Crippen LogP contribution in [-0.2, 0) is 6.18 Å². The van der Waals surface area contributed by atoms with E-state index in [0.717, 1.165) is 12.1 Å². The Morgan fingerprint density at radius 3 is 1.90 bits per heavy atom. The second-order valence-corrected chi connectivity index (χ2v) is 5.13. The summed E-state index contributed by atoms with van der Waals surface area (Å²) >= 11 is 11.5. The lowest BCUT2D eigenvalue weighted by molar-refractivity contribution is -0.137. The van der Waals surface area contributed by atoms with Crippen LogP contribution in [-0.4, -0.2) is 0 Å². The maximum absolute atomic E-state index is 13.0. The van der Waals surface area contributed by atoms with Crippen molar-refractivity contribution in [1.29, 1.82) is 0 Å². The van der Waals surface area contributed by atoms with Crippen LogP contribution in [0.2, 0.25) is 10.0 Å². The van der Waals surface area contributed by atoms with Gasteiger partial charge in [-0.25, -0.2) is 8.78 Å². The Kier molecular flexibility index (Phi) is 4.44. The van der Waals surface area contributed by atoms with E-state index in [4.69, 9.17) is 23.2 Å². The SMILES string of the molecule is FC(F)c1ccc(C(F)(F)F)c(-c2cc(Cl)cc(Cl)c2)c1. The summed E-state index contributed by atoms with van der Waals surface area (Å²) in [4.78, 5) is 0. The first-order chi connectivity index (χ1) is 9.68. The van der Waals surface area contributed by atoms with Crippen LogP contribution in [0.4, 0.5) is 22.0 Å². The van der Waals surface area contributed by atoms with Crippen molar-refractivity contribution in [2.24, 2.45) is 0 Å². The molecule has 0 amide bonds. The smallest absolute Gasteiger partial charge is 0.205 e. The number of alkyl halides is 5. The van der Waals surface area contributed by atoms with E-state index < -0.39 is 23.7 Å². The van der Waals surface area contributed by atoms with E-state index in [1.54, 1.807) is 0 Å². The molecule has 0 spiro atoms. The summed E-state index contributed by atoms with van der Waals surface area (Å²) in [5, 5.41) is 0.237. The molecule has 0 N–H and O–H groups in total. The van der Waals surface area contributed by atoms with Crippen molar-refractivity contribution < 1.29 is 22.0 Å². The van der Waals surface area contributed by atoms with Crippen molar-refractivity contribution in [1.82, 2.24) is 0 Å². The first kappa shape index (κ1) is 16.0. The van der Waals surface area contributed by atoms with E-state index in [0.29, 0.717) is 6.07 Å². The van der Waals surface area contributed by atoms with E-state index in [2.05, 4.69) is 0 Å². The van der Waals surface area contributed by atoms with Crippen molar-refractivity contribution in [2.45, 2.75) is 12.6 Å². The van der Waals surface area contributed by atoms with Gasteiger partial charge >= 0.3 is 6.18 Å². The molecule has 21 heavy (non-hydrogen) atoms. The third kappa shape index (κ3) is 3.66. The van der Waals surface area contributed by atoms with Crippen molar-refractivity contribution in [3.63, 3.8) is 0 Å². The molecule has 0 bridgehead atoms. The zero-order valence-corrected chi connectivity index (χ0v) is 11.7. The minimum atomic E-state index is -4.68. The Hall–Kier alpha value is -1.33. The van der Waals surface area contributed by atoms with Crippen LogP contribution in [0.1, 0.15) is 17.6 Å². The fraction of sp³-hybridized carbons (Fsp3) is 0.143. The lowest BCUT2D eigenvalue weighted by Gasteiger charge is -2.15. The monoisotopic (exact) mass is 340 g/mol. The molecule has 0 aliphatic heterocycles. The third-order valence-electron chi connectivity index (χ3n) is 2.77. The number of hydrogen-bond acceptors (Lipinski definition) is 0. The number of benzene rings is 2. The molecule has 0 aromatic heterocycles. The highest BCUT2D eigenvalue weighted by Gasteiger charge is 2.34. The van der Waals surface area contributed by atoms with Crippen molar-refractivity contribution >= 4 is 23.2 Å². The van der Waals surface area contributed by atoms with Gasteiger partial charge < -0.3 is 0 Å². The summed E-state index contributed by atoms with van der Waals surface area (Å²) in [5.74, 6) is 0. The van der Waals surface area contributed by atoms with E-state index in [9.17, 15) is 22.0 Å². The molecular formula is C14H7Cl2F5. The van der Waals surface area contributed by atoms with Gasteiger partial charge in [0.15, 0.2) is 0 Å². The molecule has 2 aromatic rings. The summed E-state index contributed by atoms with van der Waals surface area (Å²) < 4.78 is 64.5. The summed E-state index contributed by atoms with van der Waals surface area (Å²) in [6, 6.07) is 6.02. The molecule has 0 saturated carbocycles. The van der Waals surface area contributed by atoms with Crippen molar-refractivity contribution in [3.05, 3.63) is 57.6 Å². The summed E-state index contributed by atoms with van der Waals surface area (Å²) in [5.41, 5.74) is -1.88. The molecule has 0 nitrogen and oxygen atoms in total. The predicted molar refractivity (Wildman–Crippen MR) is 71.9 cm³/mol. The summed E-state index contributed by atoms with van der Waals surface area (Å²) in [6.45, 7) is 0. The predicted octanol–water partition coefficient (Wildman–Crippen LogP) is 6.62. The highest BCUT2D eigenvalue weighted by molar-refractivity contribution is 6.35. The van der Waals surface area contributed by atoms with E-state index in [1.807, 2.05) is 0 Å². The molecule has 0 saturated heterocycles. The maximum atomic E-state index is 13.0. The molecule has 2 aromatic carbocycles. The maximum Gasteiger partial charge on any atom is 0.417 e. The second-order valence-electron chi connectivity index (χ2n) is 4.26. The summed E-state index contributed by atoms with van der Waals surface area (Å²) in [6.07, 6.45) is -7.55. The molecule has 112 valence electrons. The highest BCUT2D eigenvalue weighted by Crippen LogP contribution is 2.40. The lowest BCUT2D eigenvalue weighted by atomic mass is 9.97. The van der Waals surface area contributed by atoms with Gasteiger partial charge in [-0.1, -0.05) is 29.3 Å². The van der Waals surface area contributed by atoms with Gasteiger partial charge in [0, 0.05) is 15.6 Å². The van der Waals surface area contributed by atoms with Gasteiger partial charge in [0.25, 0.3) is 6.43 Å². The first-order valence-corrected chi connectivity index (χ1v) is 6.40. The van der Waals surface area contributed by atoms with Crippen molar-refractivity contribution in [3.8, 4) is 11.1 Å². The van der Waals surface area contributed by atoms with Crippen molar-refractivity contribution in [2.75, 3.05) is 0 Å². The van der Waals surface area contributed by atoms with Crippen LogP contribution >= 0.6 is 23.2 Å². The molecule has 0 aliphatic rings. The van der Waals surface area contributed by atoms with E-state index >= 15 is 0 Å². The topological polar surface area (TPSA) is 0 Å². The van der Waals surface area contributed by atoms with Crippen LogP contribution in [0.3, 0.4) is 0 Å². The zero-order valence-electron chi connectivity index (χ0n) is 10.2. The first-order valence-electron chi connectivity index (χ1n) is 5.64. The number of halogens is 7. The fourth-order valence-corrected chi connectivity index (χ4v) is 2.42. The van der Waals surface area contributed by atoms with Gasteiger partial charge in [-0.05, 0) is 41.5 Å². The third-order valence-corrected chi connectivity index (χ3v) is 3.21. The van der Waals surface area contributed by atoms with Crippen LogP contribution in [0.15, 0.2) is 36.4 Å². The van der Waals surface area contributed by atoms with Crippen LogP contribution in [0.5, 0.6) is 0 Å². The molecule has 2 rings (SSSR count). The summed E-state index contributed by atoms with van der Waals surface area (Å²) in [7, 11) is 0. The van der Waals surface area contributed by atoms with E-state index in [-0.39, 0.29) is 21.2 Å². The molecule has 0 fully saturated rings. The minimum absolute atomic E-state index is 0.0299. The Morgan fingerprint density at radius 2 is 1.43 bits per heavy atom. The quantitative estimate of drug-likeness (QED) is 0.539. The fourth-order valence-electron chi connectivity index (χ4n) is 1.89. The van der Waals surface area contributed by atoms with Gasteiger partial charge in [0.2, 0.25) is 0 Å². The largest absolute Gasteiger partial charge is 0.417 e. The van der Waals surface area contributed by atoms with Crippen LogP contribution in [0.25, 0.3) is 11.1 Å². The number of rotatable bonds is 2. The molecule has 0 heterocycles. The standard InChI is InChI=1S/C14H7Cl2F5/c15-9-3-8(4-10(16)6-9)11-5-7(13(17)18)1-2-12(11)14(19,20)21/h1-6,13H. The van der Waals surface area contributed by atoms with Crippen LogP contribution in [0, 0.1) is 0 Å². The molecule has 0 aliphatic carbocycles. The average Bonchev–Trinajstić information content (AvgIpc) is 2.35. The zero-order chi connectivity index (χ0) is 15.8. The number of hydrogen-bond donors (Lipinski definition) is 0. The van der Waals surface area contributed by atoms with Gasteiger partial charge in [-0.2, -0.15) is 13.2 Å². The Balaban J connectivity index is 2.71. The van der Waals surface area contributed by atoms with Gasteiger partial charge in [0.05, 0.1) is 5.56 Å². The van der Waals surface area contributed by atoms with Gasteiger partial charge in [0.1, 0.15) is 0 Å². The lowest BCUT2D eigenvalue weighted by Crippen LogP contribution is -2.07. The average molecular weight is 341 g/mol. The minimum Gasteiger partial charge on any atom is -0.205 e. The molecule has 0 atom stereocenters. The van der Waals surface area contributed by atoms with E-state index in [1.165, 1.54) is 18.2 Å². The Bertz CT molecular complexity index is 645. The molecule has 0 radical (unpaired) electrons. The Morgan fingerprint density at radius 1 is 0.857 bits per heavy atom. The van der Waals surface area contributed by atoms with Crippen LogP contribution < -0.4 is 0 Å². The normalized spacial score (nSPS) is 12.0. The highest BCUT2D eigenvalue weighted by atomic mass is 35.5. The van der Waals surface area contributed by atoms with Gasteiger partial charge in [-0.15, -0.1) is 0 Å². The molecule has 7 heteroatoms. The van der Waals surface area contributed by atoms with Gasteiger partial charge in [-0.3, -0.25) is 0 Å². The second kappa shape index (κ2) is 5.81. The molecular weight excluding hydrogens is 334 g/mol.